The van der Waals surface area contributed by atoms with Crippen molar-refractivity contribution in [1.82, 2.24) is 9.38 Å². The molecule has 4 aromatic rings. The normalized spacial score (nSPS) is 10.8. The van der Waals surface area contributed by atoms with Gasteiger partial charge >= 0.3 is 0 Å². The number of halogens is 1. The largest absolute Gasteiger partial charge is 0.399 e. The molecule has 4 nitrogen and oxygen atoms in total. The molecule has 0 aliphatic heterocycles. The smallest absolute Gasteiger partial charge is 0.145 e. The summed E-state index contributed by atoms with van der Waals surface area (Å²) in [4.78, 5) is 5.50. The predicted octanol–water partition coefficient (Wildman–Crippen LogP) is 4.32. The molecule has 4 rings (SSSR count). The van der Waals surface area contributed by atoms with Gasteiger partial charge in [0.1, 0.15) is 22.2 Å². The van der Waals surface area contributed by atoms with Gasteiger partial charge in [-0.3, -0.25) is 4.40 Å². The molecule has 116 valence electrons. The lowest BCUT2D eigenvalue weighted by Crippen LogP contribution is -1.90. The Hall–Kier alpha value is -3.17. The van der Waals surface area contributed by atoms with Gasteiger partial charge in [-0.05, 0) is 42.5 Å². The van der Waals surface area contributed by atoms with Crippen molar-refractivity contribution in [3.8, 4) is 28.7 Å². The number of rotatable bonds is 2. The zero-order valence-electron chi connectivity index (χ0n) is 12.4. The quantitative estimate of drug-likeness (QED) is 0.555. The molecule has 2 heterocycles. The number of nitrogens with zero attached hydrogens (tertiary/aromatic N) is 3. The molecule has 6 heteroatoms. The third-order valence-electron chi connectivity index (χ3n) is 3.78. The number of fused-ring (bicyclic) bond motifs is 1. The van der Waals surface area contributed by atoms with Crippen LogP contribution in [0.5, 0.6) is 0 Å². The molecular weight excluding hydrogens is 323 g/mol. The number of hydrogen-bond acceptors (Lipinski definition) is 4. The van der Waals surface area contributed by atoms with Crippen LogP contribution in [-0.2, 0) is 0 Å². The van der Waals surface area contributed by atoms with Gasteiger partial charge in [-0.1, -0.05) is 0 Å². The first-order valence-electron chi connectivity index (χ1n) is 7.19. The highest BCUT2D eigenvalue weighted by atomic mass is 32.1. The number of anilines is 1. The number of nitrogens with two attached hydrogens (primary N) is 1. The van der Waals surface area contributed by atoms with Crippen molar-refractivity contribution in [1.29, 1.82) is 5.26 Å². The second kappa shape index (κ2) is 5.48. The van der Waals surface area contributed by atoms with E-state index >= 15 is 0 Å². The van der Waals surface area contributed by atoms with Crippen molar-refractivity contribution in [2.75, 3.05) is 5.73 Å². The van der Waals surface area contributed by atoms with E-state index in [0.29, 0.717) is 28.3 Å². The molecule has 0 saturated carbocycles. The Labute approximate surface area is 141 Å². The summed E-state index contributed by atoms with van der Waals surface area (Å²) in [6.07, 6.45) is 1.90. The van der Waals surface area contributed by atoms with Gasteiger partial charge in [-0.25, -0.2) is 9.37 Å². The second-order valence-electron chi connectivity index (χ2n) is 5.29. The van der Waals surface area contributed by atoms with Gasteiger partial charge in [0.05, 0.1) is 11.6 Å². The van der Waals surface area contributed by atoms with Crippen LogP contribution in [0.4, 0.5) is 10.1 Å². The van der Waals surface area contributed by atoms with Crippen molar-refractivity contribution in [3.05, 3.63) is 65.4 Å². The molecule has 0 radical (unpaired) electrons. The minimum absolute atomic E-state index is 0.380. The first kappa shape index (κ1) is 14.4. The third kappa shape index (κ3) is 2.23. The monoisotopic (exact) mass is 334 g/mol. The SMILES string of the molecule is N#Cc1ccc(-c2nc(-c3ccc(N)cc3F)c3sccn23)cc1. The minimum atomic E-state index is -0.394. The summed E-state index contributed by atoms with van der Waals surface area (Å²) in [5, 5.41) is 10.9. The molecule has 2 aromatic heterocycles. The number of benzene rings is 2. The van der Waals surface area contributed by atoms with Gasteiger partial charge in [0.15, 0.2) is 0 Å². The number of thiazole rings is 1. The zero-order chi connectivity index (χ0) is 16.7. The minimum Gasteiger partial charge on any atom is -0.399 e. The van der Waals surface area contributed by atoms with E-state index in [2.05, 4.69) is 11.1 Å². The van der Waals surface area contributed by atoms with Crippen LogP contribution in [0.3, 0.4) is 0 Å². The van der Waals surface area contributed by atoms with Crippen LogP contribution in [-0.4, -0.2) is 9.38 Å². The molecule has 24 heavy (non-hydrogen) atoms. The summed E-state index contributed by atoms with van der Waals surface area (Å²) in [6.45, 7) is 0. The molecule has 2 N–H and O–H groups in total. The van der Waals surface area contributed by atoms with Gasteiger partial charge in [-0.2, -0.15) is 5.26 Å². The van der Waals surface area contributed by atoms with Crippen LogP contribution in [0.15, 0.2) is 54.0 Å². The zero-order valence-corrected chi connectivity index (χ0v) is 13.2. The highest BCUT2D eigenvalue weighted by Crippen LogP contribution is 2.34. The van der Waals surface area contributed by atoms with Crippen LogP contribution >= 0.6 is 11.3 Å². The Morgan fingerprint density at radius 3 is 2.67 bits per heavy atom. The van der Waals surface area contributed by atoms with E-state index < -0.39 is 5.82 Å². The van der Waals surface area contributed by atoms with E-state index in [1.807, 2.05) is 28.1 Å². The average molecular weight is 334 g/mol. The van der Waals surface area contributed by atoms with E-state index in [1.54, 1.807) is 24.3 Å². The van der Waals surface area contributed by atoms with E-state index in [9.17, 15) is 4.39 Å². The van der Waals surface area contributed by atoms with E-state index in [-0.39, 0.29) is 0 Å². The molecule has 0 amide bonds. The van der Waals surface area contributed by atoms with Crippen molar-refractivity contribution in [3.63, 3.8) is 0 Å². The summed E-state index contributed by atoms with van der Waals surface area (Å²) in [6, 6.07) is 13.9. The van der Waals surface area contributed by atoms with Crippen molar-refractivity contribution < 1.29 is 4.39 Å². The van der Waals surface area contributed by atoms with Crippen LogP contribution in [0.1, 0.15) is 5.56 Å². The van der Waals surface area contributed by atoms with Crippen LogP contribution in [0.2, 0.25) is 0 Å². The molecule has 0 saturated heterocycles. The fourth-order valence-electron chi connectivity index (χ4n) is 2.62. The summed E-state index contributed by atoms with van der Waals surface area (Å²) < 4.78 is 16.2. The van der Waals surface area contributed by atoms with Crippen molar-refractivity contribution in [2.24, 2.45) is 0 Å². The lowest BCUT2D eigenvalue weighted by Gasteiger charge is -2.01. The van der Waals surface area contributed by atoms with Crippen LogP contribution in [0, 0.1) is 17.1 Å². The average Bonchev–Trinajstić information content (AvgIpc) is 3.18. The summed E-state index contributed by atoms with van der Waals surface area (Å²) in [5.74, 6) is 0.316. The Balaban J connectivity index is 1.93. The summed E-state index contributed by atoms with van der Waals surface area (Å²) >= 11 is 1.50. The van der Waals surface area contributed by atoms with E-state index in [0.717, 1.165) is 10.4 Å². The molecule has 0 aliphatic carbocycles. The van der Waals surface area contributed by atoms with Gasteiger partial charge in [0, 0.05) is 28.4 Å². The van der Waals surface area contributed by atoms with Gasteiger partial charge in [-0.15, -0.1) is 11.3 Å². The fraction of sp³-hybridized carbons (Fsp3) is 0. The maximum Gasteiger partial charge on any atom is 0.145 e. The maximum atomic E-state index is 14.3. The molecule has 0 spiro atoms. The first-order chi connectivity index (χ1) is 11.7. The molecule has 0 bridgehead atoms. The Bertz CT molecular complexity index is 1090. The number of hydrogen-bond donors (Lipinski definition) is 1. The molecular formula is C18H11FN4S. The Morgan fingerprint density at radius 2 is 1.96 bits per heavy atom. The lowest BCUT2D eigenvalue weighted by atomic mass is 10.1. The number of nitriles is 1. The predicted molar refractivity (Wildman–Crippen MR) is 93.0 cm³/mol. The summed E-state index contributed by atoms with van der Waals surface area (Å²) in [7, 11) is 0. The van der Waals surface area contributed by atoms with Gasteiger partial charge < -0.3 is 5.73 Å². The number of aromatic nitrogens is 2. The third-order valence-corrected chi connectivity index (χ3v) is 4.65. The van der Waals surface area contributed by atoms with Gasteiger partial charge in [0.2, 0.25) is 0 Å². The topological polar surface area (TPSA) is 67.1 Å². The molecule has 0 fully saturated rings. The van der Waals surface area contributed by atoms with E-state index in [1.165, 1.54) is 17.4 Å². The van der Waals surface area contributed by atoms with Crippen LogP contribution in [0.25, 0.3) is 27.5 Å². The molecule has 0 aliphatic rings. The molecule has 0 unspecified atom stereocenters. The fourth-order valence-corrected chi connectivity index (χ4v) is 3.46. The highest BCUT2D eigenvalue weighted by molar-refractivity contribution is 7.16. The Kier molecular flexibility index (Phi) is 3.29. The Morgan fingerprint density at radius 1 is 1.17 bits per heavy atom. The molecule has 0 atom stereocenters. The summed E-state index contributed by atoms with van der Waals surface area (Å²) in [5.41, 5.74) is 8.47. The first-order valence-corrected chi connectivity index (χ1v) is 8.07. The van der Waals surface area contributed by atoms with Crippen molar-refractivity contribution >= 4 is 21.9 Å². The van der Waals surface area contributed by atoms with E-state index in [4.69, 9.17) is 11.0 Å². The second-order valence-corrected chi connectivity index (χ2v) is 6.19. The van der Waals surface area contributed by atoms with Gasteiger partial charge in [0.25, 0.3) is 0 Å². The van der Waals surface area contributed by atoms with Crippen LogP contribution < -0.4 is 5.73 Å². The van der Waals surface area contributed by atoms with Crippen molar-refractivity contribution in [2.45, 2.75) is 0 Å². The number of nitrogen functional groups attached to an aromatic ring is 1. The molecule has 2 aromatic carbocycles. The maximum absolute atomic E-state index is 14.3. The standard InChI is InChI=1S/C18H11FN4S/c19-15-9-13(21)5-6-14(15)16-18-23(7-8-24-18)17(22-16)12-3-1-11(10-20)2-4-12/h1-9H,21H2. The lowest BCUT2D eigenvalue weighted by molar-refractivity contribution is 0.631. The number of imidazole rings is 1. The highest BCUT2D eigenvalue weighted by Gasteiger charge is 2.18.